The highest BCUT2D eigenvalue weighted by atomic mass is 127. The van der Waals surface area contributed by atoms with Crippen LogP contribution in [0.2, 0.25) is 0 Å². The molecule has 0 atom stereocenters. The molecule has 0 aliphatic rings. The van der Waals surface area contributed by atoms with Crippen LogP contribution in [0.25, 0.3) is 0 Å². The smallest absolute Gasteiger partial charge is 0.191 e. The standard InChI is InChI=1S/C15H25N3O.HI/c1-4-19-11-10-18-15(16-3)17-9-8-14-7-5-6-13(2)12-14;/h5-7,12H,4,8-11H2,1-3H3,(H2,16,17,18);1H. The number of guanidine groups is 1. The van der Waals surface area contributed by atoms with E-state index in [0.29, 0.717) is 6.61 Å². The number of hydrogen-bond acceptors (Lipinski definition) is 2. The van der Waals surface area contributed by atoms with Gasteiger partial charge in [0.25, 0.3) is 0 Å². The molecule has 0 radical (unpaired) electrons. The van der Waals surface area contributed by atoms with Crippen molar-refractivity contribution < 1.29 is 4.74 Å². The van der Waals surface area contributed by atoms with Crippen LogP contribution in [0.4, 0.5) is 0 Å². The quantitative estimate of drug-likeness (QED) is 0.325. The summed E-state index contributed by atoms with van der Waals surface area (Å²) in [6.07, 6.45) is 0.994. The van der Waals surface area contributed by atoms with Gasteiger partial charge in [0.2, 0.25) is 0 Å². The highest BCUT2D eigenvalue weighted by molar-refractivity contribution is 14.0. The summed E-state index contributed by atoms with van der Waals surface area (Å²) in [7, 11) is 1.78. The van der Waals surface area contributed by atoms with Crippen molar-refractivity contribution in [3.8, 4) is 0 Å². The van der Waals surface area contributed by atoms with E-state index in [0.717, 1.165) is 32.1 Å². The first kappa shape index (κ1) is 19.2. The second-order valence-corrected chi connectivity index (χ2v) is 4.36. The summed E-state index contributed by atoms with van der Waals surface area (Å²) < 4.78 is 5.27. The minimum Gasteiger partial charge on any atom is -0.380 e. The molecule has 4 nitrogen and oxygen atoms in total. The summed E-state index contributed by atoms with van der Waals surface area (Å²) in [6, 6.07) is 8.58. The first-order chi connectivity index (χ1) is 9.26. The van der Waals surface area contributed by atoms with E-state index in [9.17, 15) is 0 Å². The Balaban J connectivity index is 0.00000361. The summed E-state index contributed by atoms with van der Waals surface area (Å²) in [5.74, 6) is 0.826. The molecule has 2 N–H and O–H groups in total. The van der Waals surface area contributed by atoms with Gasteiger partial charge in [-0.15, -0.1) is 24.0 Å². The van der Waals surface area contributed by atoms with Crippen molar-refractivity contribution in [3.63, 3.8) is 0 Å². The molecule has 0 saturated carbocycles. The molecule has 5 heteroatoms. The van der Waals surface area contributed by atoms with E-state index >= 15 is 0 Å². The summed E-state index contributed by atoms with van der Waals surface area (Å²) in [5.41, 5.74) is 2.65. The van der Waals surface area contributed by atoms with Crippen LogP contribution in [-0.2, 0) is 11.2 Å². The molecule has 0 spiro atoms. The third-order valence-electron chi connectivity index (χ3n) is 2.76. The lowest BCUT2D eigenvalue weighted by Gasteiger charge is -2.12. The number of ether oxygens (including phenoxy) is 1. The Hall–Kier alpha value is -0.820. The number of rotatable bonds is 7. The van der Waals surface area contributed by atoms with Crippen LogP contribution in [0.1, 0.15) is 18.1 Å². The molecule has 0 saturated heterocycles. The molecule has 1 rings (SSSR count). The molecule has 20 heavy (non-hydrogen) atoms. The number of halogens is 1. The number of hydrogen-bond donors (Lipinski definition) is 2. The van der Waals surface area contributed by atoms with E-state index in [-0.39, 0.29) is 24.0 Å². The number of nitrogens with zero attached hydrogens (tertiary/aromatic N) is 1. The number of aryl methyl sites for hydroxylation is 1. The van der Waals surface area contributed by atoms with Crippen LogP contribution in [0.5, 0.6) is 0 Å². The summed E-state index contributed by atoms with van der Waals surface area (Å²) in [6.45, 7) is 7.21. The molecule has 114 valence electrons. The summed E-state index contributed by atoms with van der Waals surface area (Å²) in [4.78, 5) is 4.17. The lowest BCUT2D eigenvalue weighted by molar-refractivity contribution is 0.152. The third kappa shape index (κ3) is 8.37. The average Bonchev–Trinajstić information content (AvgIpc) is 2.41. The Bertz CT molecular complexity index is 396. The van der Waals surface area contributed by atoms with Gasteiger partial charge in [-0.25, -0.2) is 0 Å². The normalized spacial score (nSPS) is 10.8. The molecule has 1 aromatic carbocycles. The Kier molecular flexibility index (Phi) is 11.5. The molecule has 0 aliphatic heterocycles. The summed E-state index contributed by atoms with van der Waals surface area (Å²) in [5, 5.41) is 6.51. The fraction of sp³-hybridized carbons (Fsp3) is 0.533. The molecule has 0 unspecified atom stereocenters. The highest BCUT2D eigenvalue weighted by Crippen LogP contribution is 2.03. The van der Waals surface area contributed by atoms with E-state index in [4.69, 9.17) is 4.74 Å². The van der Waals surface area contributed by atoms with E-state index in [1.165, 1.54) is 11.1 Å². The van der Waals surface area contributed by atoms with Crippen molar-refractivity contribution in [2.45, 2.75) is 20.3 Å². The van der Waals surface area contributed by atoms with Gasteiger partial charge < -0.3 is 15.4 Å². The maximum atomic E-state index is 5.27. The predicted molar refractivity (Wildman–Crippen MR) is 96.2 cm³/mol. The van der Waals surface area contributed by atoms with Crippen molar-refractivity contribution in [2.24, 2.45) is 4.99 Å². The van der Waals surface area contributed by atoms with Gasteiger partial charge in [-0.1, -0.05) is 29.8 Å². The fourth-order valence-electron chi connectivity index (χ4n) is 1.80. The second-order valence-electron chi connectivity index (χ2n) is 4.36. The van der Waals surface area contributed by atoms with Gasteiger partial charge in [0.15, 0.2) is 5.96 Å². The van der Waals surface area contributed by atoms with Gasteiger partial charge in [-0.3, -0.25) is 4.99 Å². The Morgan fingerprint density at radius 2 is 2.00 bits per heavy atom. The number of aliphatic imine (C=N–C) groups is 1. The SMILES string of the molecule is CCOCCNC(=NC)NCCc1cccc(C)c1.I. The molecule has 0 bridgehead atoms. The van der Waals surface area contributed by atoms with Crippen LogP contribution < -0.4 is 10.6 Å². The maximum Gasteiger partial charge on any atom is 0.191 e. The fourth-order valence-corrected chi connectivity index (χ4v) is 1.80. The van der Waals surface area contributed by atoms with Crippen molar-refractivity contribution >= 4 is 29.9 Å². The molecule has 0 aliphatic carbocycles. The molecule has 0 fully saturated rings. The highest BCUT2D eigenvalue weighted by Gasteiger charge is 1.97. The molecule has 1 aromatic rings. The summed E-state index contributed by atoms with van der Waals surface area (Å²) >= 11 is 0. The van der Waals surface area contributed by atoms with Crippen LogP contribution in [-0.4, -0.2) is 39.3 Å². The van der Waals surface area contributed by atoms with Crippen molar-refractivity contribution in [2.75, 3.05) is 33.4 Å². The largest absolute Gasteiger partial charge is 0.380 e. The molecule has 0 heterocycles. The lowest BCUT2D eigenvalue weighted by Crippen LogP contribution is -2.39. The zero-order chi connectivity index (χ0) is 13.9. The Morgan fingerprint density at radius 1 is 1.25 bits per heavy atom. The minimum absolute atomic E-state index is 0. The van der Waals surface area contributed by atoms with Crippen molar-refractivity contribution in [1.29, 1.82) is 0 Å². The monoisotopic (exact) mass is 391 g/mol. The van der Waals surface area contributed by atoms with Crippen LogP contribution in [0.15, 0.2) is 29.3 Å². The Labute approximate surface area is 139 Å². The predicted octanol–water partition coefficient (Wildman–Crippen LogP) is 2.36. The minimum atomic E-state index is 0. The van der Waals surface area contributed by atoms with E-state index in [2.05, 4.69) is 46.8 Å². The Morgan fingerprint density at radius 3 is 2.65 bits per heavy atom. The van der Waals surface area contributed by atoms with Gasteiger partial charge in [0, 0.05) is 26.7 Å². The topological polar surface area (TPSA) is 45.6 Å². The first-order valence-electron chi connectivity index (χ1n) is 6.84. The van der Waals surface area contributed by atoms with Gasteiger partial charge in [-0.05, 0) is 25.8 Å². The zero-order valence-corrected chi connectivity index (χ0v) is 14.9. The van der Waals surface area contributed by atoms with Crippen LogP contribution >= 0.6 is 24.0 Å². The molecular weight excluding hydrogens is 365 g/mol. The maximum absolute atomic E-state index is 5.27. The van der Waals surface area contributed by atoms with E-state index in [1.807, 2.05) is 6.92 Å². The van der Waals surface area contributed by atoms with E-state index < -0.39 is 0 Å². The molecular formula is C15H26IN3O. The van der Waals surface area contributed by atoms with Crippen LogP contribution in [0.3, 0.4) is 0 Å². The van der Waals surface area contributed by atoms with E-state index in [1.54, 1.807) is 7.05 Å². The average molecular weight is 391 g/mol. The zero-order valence-electron chi connectivity index (χ0n) is 12.6. The molecule has 0 aromatic heterocycles. The van der Waals surface area contributed by atoms with Gasteiger partial charge in [-0.2, -0.15) is 0 Å². The third-order valence-corrected chi connectivity index (χ3v) is 2.76. The van der Waals surface area contributed by atoms with Gasteiger partial charge in [0.1, 0.15) is 0 Å². The lowest BCUT2D eigenvalue weighted by atomic mass is 10.1. The van der Waals surface area contributed by atoms with Crippen molar-refractivity contribution in [1.82, 2.24) is 10.6 Å². The second kappa shape index (κ2) is 12.0. The first-order valence-corrected chi connectivity index (χ1v) is 6.84. The number of nitrogens with one attached hydrogen (secondary N) is 2. The number of benzene rings is 1. The van der Waals surface area contributed by atoms with Gasteiger partial charge >= 0.3 is 0 Å². The van der Waals surface area contributed by atoms with Crippen molar-refractivity contribution in [3.05, 3.63) is 35.4 Å². The molecule has 0 amide bonds. The van der Waals surface area contributed by atoms with Gasteiger partial charge in [0.05, 0.1) is 6.61 Å². The van der Waals surface area contributed by atoms with Crippen LogP contribution in [0, 0.1) is 6.92 Å².